The highest BCUT2D eigenvalue weighted by molar-refractivity contribution is 7.20. The van der Waals surface area contributed by atoms with Gasteiger partial charge in [-0.3, -0.25) is 4.79 Å². The Kier molecular flexibility index (Phi) is 5.82. The summed E-state index contributed by atoms with van der Waals surface area (Å²) in [5, 5.41) is 22.0. The van der Waals surface area contributed by atoms with Gasteiger partial charge in [-0.1, -0.05) is 6.07 Å². The Bertz CT molecular complexity index is 1140. The van der Waals surface area contributed by atoms with Crippen LogP contribution in [0.25, 0.3) is 10.4 Å². The highest BCUT2D eigenvalue weighted by Gasteiger charge is 2.24. The van der Waals surface area contributed by atoms with E-state index in [0.29, 0.717) is 11.5 Å². The quantitative estimate of drug-likeness (QED) is 0.544. The van der Waals surface area contributed by atoms with Crippen molar-refractivity contribution in [3.8, 4) is 16.5 Å². The van der Waals surface area contributed by atoms with Crippen LogP contribution in [0.5, 0.6) is 0 Å². The van der Waals surface area contributed by atoms with Gasteiger partial charge < -0.3 is 16.2 Å². The zero-order chi connectivity index (χ0) is 22.1. The molecule has 2 aromatic heterocycles. The molecular formula is C21H18F2N4O2S. The van der Waals surface area contributed by atoms with Gasteiger partial charge >= 0.3 is 0 Å². The van der Waals surface area contributed by atoms with E-state index in [1.54, 1.807) is 18.2 Å². The second-order valence-corrected chi connectivity index (χ2v) is 8.12. The molecule has 0 saturated carbocycles. The van der Waals surface area contributed by atoms with Gasteiger partial charge in [0.25, 0.3) is 5.91 Å². The summed E-state index contributed by atoms with van der Waals surface area (Å²) in [6, 6.07) is 10.4. The molecule has 6 nitrogen and oxygen atoms in total. The van der Waals surface area contributed by atoms with Gasteiger partial charge in [0.1, 0.15) is 22.5 Å². The zero-order valence-electron chi connectivity index (χ0n) is 16.2. The second-order valence-electron chi connectivity index (χ2n) is 7.07. The lowest BCUT2D eigenvalue weighted by molar-refractivity contribution is 0.0778. The lowest BCUT2D eigenvalue weighted by Gasteiger charge is -2.18. The number of aliphatic hydroxyl groups is 1. The number of aromatic nitrogens is 1. The lowest BCUT2D eigenvalue weighted by atomic mass is 9.96. The van der Waals surface area contributed by atoms with Crippen molar-refractivity contribution in [2.24, 2.45) is 5.73 Å². The van der Waals surface area contributed by atoms with E-state index >= 15 is 0 Å². The number of rotatable bonds is 6. The summed E-state index contributed by atoms with van der Waals surface area (Å²) in [5.74, 6) is -2.16. The summed E-state index contributed by atoms with van der Waals surface area (Å²) in [7, 11) is 0. The number of thiophene rings is 1. The number of benzene rings is 1. The third-order valence-corrected chi connectivity index (χ3v) is 5.37. The topological polar surface area (TPSA) is 112 Å². The van der Waals surface area contributed by atoms with E-state index in [1.165, 1.54) is 19.9 Å². The second kappa shape index (κ2) is 8.18. The normalized spacial score (nSPS) is 11.2. The summed E-state index contributed by atoms with van der Waals surface area (Å²) >= 11 is 0.937. The van der Waals surface area contributed by atoms with Gasteiger partial charge in [-0.25, -0.2) is 13.8 Å². The number of nitrogens with zero attached hydrogens (tertiary/aromatic N) is 2. The van der Waals surface area contributed by atoms with Crippen molar-refractivity contribution in [2.45, 2.75) is 25.9 Å². The lowest BCUT2D eigenvalue weighted by Crippen LogP contribution is -2.16. The summed E-state index contributed by atoms with van der Waals surface area (Å²) in [6.45, 7) is 2.85. The molecule has 1 aromatic carbocycles. The summed E-state index contributed by atoms with van der Waals surface area (Å²) in [6.07, 6.45) is 0.109. The van der Waals surface area contributed by atoms with Crippen molar-refractivity contribution in [3.05, 3.63) is 64.9 Å². The molecule has 1 amide bonds. The van der Waals surface area contributed by atoms with E-state index in [2.05, 4.69) is 10.3 Å². The molecule has 0 radical (unpaired) electrons. The summed E-state index contributed by atoms with van der Waals surface area (Å²) in [4.78, 5) is 16.3. The van der Waals surface area contributed by atoms with Crippen molar-refractivity contribution >= 4 is 28.1 Å². The van der Waals surface area contributed by atoms with Gasteiger partial charge in [-0.2, -0.15) is 5.26 Å². The van der Waals surface area contributed by atoms with Crippen LogP contribution in [-0.2, 0) is 12.0 Å². The average Bonchev–Trinajstić information content (AvgIpc) is 3.04. The van der Waals surface area contributed by atoms with E-state index in [4.69, 9.17) is 11.0 Å². The maximum atomic E-state index is 14.7. The number of hydrogen-bond donors (Lipinski definition) is 3. The van der Waals surface area contributed by atoms with Crippen LogP contribution in [0.1, 0.15) is 35.5 Å². The van der Waals surface area contributed by atoms with Gasteiger partial charge in [0.2, 0.25) is 0 Å². The minimum Gasteiger partial charge on any atom is -0.386 e. The molecule has 0 aliphatic carbocycles. The van der Waals surface area contributed by atoms with Crippen LogP contribution >= 0.6 is 11.3 Å². The Labute approximate surface area is 175 Å². The molecular weight excluding hydrogens is 410 g/mol. The number of amides is 1. The highest BCUT2D eigenvalue weighted by atomic mass is 32.1. The smallest absolute Gasteiger partial charge is 0.251 e. The van der Waals surface area contributed by atoms with Gasteiger partial charge in [0, 0.05) is 4.88 Å². The molecule has 0 unspecified atom stereocenters. The first-order valence-corrected chi connectivity index (χ1v) is 9.67. The molecule has 3 aromatic rings. The monoisotopic (exact) mass is 428 g/mol. The first-order valence-electron chi connectivity index (χ1n) is 8.86. The summed E-state index contributed by atoms with van der Waals surface area (Å²) < 4.78 is 29.4. The first kappa shape index (κ1) is 21.4. The number of nitrogens with two attached hydrogens (primary N) is 1. The van der Waals surface area contributed by atoms with E-state index in [-0.39, 0.29) is 33.0 Å². The molecule has 154 valence electrons. The van der Waals surface area contributed by atoms with Gasteiger partial charge in [-0.15, -0.1) is 11.3 Å². The number of nitrogens with one attached hydrogen (secondary N) is 1. The Balaban J connectivity index is 2.05. The Hall–Kier alpha value is -3.35. The average molecular weight is 428 g/mol. The molecule has 0 bridgehead atoms. The third kappa shape index (κ3) is 4.45. The number of nitriles is 1. The maximum absolute atomic E-state index is 14.7. The number of pyridine rings is 1. The van der Waals surface area contributed by atoms with Crippen LogP contribution in [0.3, 0.4) is 0 Å². The molecule has 0 aliphatic rings. The molecule has 2 heterocycles. The van der Waals surface area contributed by atoms with E-state index in [0.717, 1.165) is 23.5 Å². The van der Waals surface area contributed by atoms with Crippen molar-refractivity contribution in [3.63, 3.8) is 0 Å². The molecule has 3 rings (SSSR count). The highest BCUT2D eigenvalue weighted by Crippen LogP contribution is 2.40. The van der Waals surface area contributed by atoms with Crippen molar-refractivity contribution in [2.75, 3.05) is 5.32 Å². The number of carbonyl (C=O) groups is 1. The van der Waals surface area contributed by atoms with E-state index < -0.39 is 23.1 Å². The summed E-state index contributed by atoms with van der Waals surface area (Å²) in [5.41, 5.74) is 4.36. The molecule has 4 N–H and O–H groups in total. The molecule has 9 heteroatoms. The van der Waals surface area contributed by atoms with Crippen molar-refractivity contribution < 1.29 is 18.7 Å². The van der Waals surface area contributed by atoms with Crippen LogP contribution in [0.15, 0.2) is 36.4 Å². The van der Waals surface area contributed by atoms with Crippen LogP contribution in [0, 0.1) is 23.0 Å². The molecule has 0 spiro atoms. The zero-order valence-corrected chi connectivity index (χ0v) is 17.0. The fourth-order valence-corrected chi connectivity index (χ4v) is 3.92. The largest absolute Gasteiger partial charge is 0.386 e. The predicted octanol–water partition coefficient (Wildman–Crippen LogP) is 4.22. The minimum atomic E-state index is -1.42. The van der Waals surface area contributed by atoms with E-state index in [9.17, 15) is 18.7 Å². The first-order chi connectivity index (χ1) is 14.1. The van der Waals surface area contributed by atoms with Gasteiger partial charge in [-0.05, 0) is 49.7 Å². The van der Waals surface area contributed by atoms with Crippen molar-refractivity contribution in [1.82, 2.24) is 4.98 Å². The predicted molar refractivity (Wildman–Crippen MR) is 110 cm³/mol. The number of hydrogen-bond acceptors (Lipinski definition) is 6. The molecule has 0 saturated heterocycles. The standard InChI is InChI=1S/C21H18F2N4O2S/c1-21(2,29)11-8-14(22)18(15(23)9-11)16-10-13(19(25)28)20(30-16)27-17-5-3-4-12(26-17)6-7-24/h3-5,8-10,29H,6H2,1-2H3,(H2,25,28)(H,26,27). The molecule has 0 aliphatic heterocycles. The van der Waals surface area contributed by atoms with E-state index in [1.807, 2.05) is 6.07 Å². The number of halogens is 2. The number of anilines is 2. The van der Waals surface area contributed by atoms with Crippen LogP contribution in [0.2, 0.25) is 0 Å². The Morgan fingerprint density at radius 1 is 1.30 bits per heavy atom. The van der Waals surface area contributed by atoms with Crippen LogP contribution in [0.4, 0.5) is 19.6 Å². The number of primary amides is 1. The Morgan fingerprint density at radius 3 is 2.53 bits per heavy atom. The minimum absolute atomic E-state index is 0.0489. The molecule has 30 heavy (non-hydrogen) atoms. The van der Waals surface area contributed by atoms with Crippen molar-refractivity contribution in [1.29, 1.82) is 5.26 Å². The third-order valence-electron chi connectivity index (χ3n) is 4.30. The van der Waals surface area contributed by atoms with Gasteiger partial charge in [0.15, 0.2) is 0 Å². The van der Waals surface area contributed by atoms with Crippen LogP contribution in [-0.4, -0.2) is 16.0 Å². The van der Waals surface area contributed by atoms with Gasteiger partial charge in [0.05, 0.1) is 34.9 Å². The fraction of sp³-hybridized carbons (Fsp3) is 0.190. The Morgan fingerprint density at radius 2 is 1.97 bits per heavy atom. The fourth-order valence-electron chi connectivity index (χ4n) is 2.80. The number of carbonyl (C=O) groups excluding carboxylic acids is 1. The SMILES string of the molecule is CC(C)(O)c1cc(F)c(-c2cc(C(N)=O)c(Nc3cccc(CC#N)n3)s2)c(F)c1. The molecule has 0 atom stereocenters. The maximum Gasteiger partial charge on any atom is 0.251 e. The van der Waals surface area contributed by atoms with Crippen LogP contribution < -0.4 is 11.1 Å². The molecule has 0 fully saturated rings.